The van der Waals surface area contributed by atoms with E-state index >= 15 is 0 Å². The van der Waals surface area contributed by atoms with Gasteiger partial charge in [-0.05, 0) is 13.0 Å². The van der Waals surface area contributed by atoms with Gasteiger partial charge in [-0.25, -0.2) is 9.97 Å². The highest BCUT2D eigenvalue weighted by Crippen LogP contribution is 2.27. The second kappa shape index (κ2) is 3.34. The van der Waals surface area contributed by atoms with Crippen molar-refractivity contribution >= 4 is 11.9 Å². The zero-order valence-electron chi connectivity index (χ0n) is 7.86. The van der Waals surface area contributed by atoms with Crippen molar-refractivity contribution in [2.24, 2.45) is 5.41 Å². The Morgan fingerprint density at radius 1 is 1.50 bits per heavy atom. The quantitative estimate of drug-likeness (QED) is 0.740. The first-order chi connectivity index (χ1) is 6.71. The number of carbonyl (C=O) groups is 1. The van der Waals surface area contributed by atoms with Gasteiger partial charge in [-0.3, -0.25) is 10.1 Å². The number of rotatable bonds is 2. The summed E-state index contributed by atoms with van der Waals surface area (Å²) < 4.78 is 5.00. The third kappa shape index (κ3) is 1.58. The van der Waals surface area contributed by atoms with Crippen LogP contribution in [0.25, 0.3) is 0 Å². The highest BCUT2D eigenvalue weighted by molar-refractivity contribution is 5.94. The van der Waals surface area contributed by atoms with Crippen LogP contribution in [0.3, 0.4) is 0 Å². The highest BCUT2D eigenvalue weighted by Gasteiger charge is 2.41. The molecule has 1 aromatic heterocycles. The van der Waals surface area contributed by atoms with Crippen LogP contribution in [0.5, 0.6) is 0 Å². The monoisotopic (exact) mass is 193 g/mol. The van der Waals surface area contributed by atoms with Crippen molar-refractivity contribution < 1.29 is 9.53 Å². The lowest BCUT2D eigenvalue weighted by Crippen LogP contribution is -2.49. The summed E-state index contributed by atoms with van der Waals surface area (Å²) in [6.07, 6.45) is 3.17. The number of hydrogen-bond donors (Lipinski definition) is 1. The Labute approximate surface area is 81.5 Å². The molecule has 5 nitrogen and oxygen atoms in total. The molecule has 14 heavy (non-hydrogen) atoms. The summed E-state index contributed by atoms with van der Waals surface area (Å²) in [5.74, 6) is 0.251. The van der Waals surface area contributed by atoms with E-state index < -0.39 is 5.41 Å². The predicted octanol–water partition coefficient (Wildman–Crippen LogP) is 0.452. The molecule has 0 atom stereocenters. The lowest BCUT2D eigenvalue weighted by Gasteiger charge is -2.35. The van der Waals surface area contributed by atoms with Crippen LogP contribution in [0.4, 0.5) is 5.95 Å². The Kier molecular flexibility index (Phi) is 2.17. The molecule has 2 heterocycles. The third-order valence-electron chi connectivity index (χ3n) is 2.18. The SMILES string of the molecule is CC1(C(=O)Nc2ncccn2)COC1. The van der Waals surface area contributed by atoms with E-state index in [0.717, 1.165) is 0 Å². The van der Waals surface area contributed by atoms with Gasteiger partial charge in [0.2, 0.25) is 11.9 Å². The van der Waals surface area contributed by atoms with E-state index in [4.69, 9.17) is 4.74 Å². The summed E-state index contributed by atoms with van der Waals surface area (Å²) in [4.78, 5) is 19.5. The molecule has 1 N–H and O–H groups in total. The van der Waals surface area contributed by atoms with Crippen molar-refractivity contribution in [3.05, 3.63) is 18.5 Å². The Morgan fingerprint density at radius 2 is 2.14 bits per heavy atom. The van der Waals surface area contributed by atoms with Crippen molar-refractivity contribution in [2.75, 3.05) is 18.5 Å². The number of amides is 1. The predicted molar refractivity (Wildman–Crippen MR) is 49.6 cm³/mol. The molecule has 0 spiro atoms. The van der Waals surface area contributed by atoms with Gasteiger partial charge >= 0.3 is 0 Å². The summed E-state index contributed by atoms with van der Waals surface area (Å²) in [5.41, 5.74) is -0.417. The molecule has 5 heteroatoms. The van der Waals surface area contributed by atoms with Crippen LogP contribution < -0.4 is 5.32 Å². The molecule has 0 aromatic carbocycles. The minimum Gasteiger partial charge on any atom is -0.379 e. The van der Waals surface area contributed by atoms with E-state index in [2.05, 4.69) is 15.3 Å². The fourth-order valence-electron chi connectivity index (χ4n) is 1.16. The molecule has 0 bridgehead atoms. The van der Waals surface area contributed by atoms with Gasteiger partial charge < -0.3 is 4.74 Å². The van der Waals surface area contributed by atoms with Crippen LogP contribution in [-0.4, -0.2) is 29.1 Å². The smallest absolute Gasteiger partial charge is 0.237 e. The van der Waals surface area contributed by atoms with E-state index in [0.29, 0.717) is 19.2 Å². The molecule has 1 aliphatic rings. The summed E-state index contributed by atoms with van der Waals surface area (Å²) >= 11 is 0. The highest BCUT2D eigenvalue weighted by atomic mass is 16.5. The molecule has 1 saturated heterocycles. The van der Waals surface area contributed by atoms with Crippen LogP contribution in [-0.2, 0) is 9.53 Å². The van der Waals surface area contributed by atoms with Crippen LogP contribution in [0, 0.1) is 5.41 Å². The number of hydrogen-bond acceptors (Lipinski definition) is 4. The lowest BCUT2D eigenvalue weighted by molar-refractivity contribution is -0.152. The van der Waals surface area contributed by atoms with Crippen LogP contribution in [0.1, 0.15) is 6.92 Å². The molecule has 1 aromatic rings. The molecule has 0 aliphatic carbocycles. The lowest BCUT2D eigenvalue weighted by atomic mass is 9.88. The number of carbonyl (C=O) groups excluding carboxylic acids is 1. The molecule has 0 unspecified atom stereocenters. The first-order valence-electron chi connectivity index (χ1n) is 4.37. The minimum atomic E-state index is -0.417. The molecule has 74 valence electrons. The van der Waals surface area contributed by atoms with Crippen molar-refractivity contribution in [1.82, 2.24) is 9.97 Å². The topological polar surface area (TPSA) is 64.1 Å². The normalized spacial score (nSPS) is 18.4. The maximum Gasteiger partial charge on any atom is 0.237 e. The number of nitrogens with one attached hydrogen (secondary N) is 1. The Balaban J connectivity index is 2.02. The summed E-state index contributed by atoms with van der Waals surface area (Å²) in [6.45, 7) is 2.78. The molecular weight excluding hydrogens is 182 g/mol. The maximum atomic E-state index is 11.6. The fourth-order valence-corrected chi connectivity index (χ4v) is 1.16. The van der Waals surface area contributed by atoms with E-state index in [1.165, 1.54) is 0 Å². The van der Waals surface area contributed by atoms with E-state index in [9.17, 15) is 4.79 Å². The summed E-state index contributed by atoms with van der Waals surface area (Å²) in [7, 11) is 0. The van der Waals surface area contributed by atoms with Gasteiger partial charge in [-0.2, -0.15) is 0 Å². The molecule has 1 aliphatic heterocycles. The summed E-state index contributed by atoms with van der Waals surface area (Å²) in [5, 5.41) is 2.64. The maximum absolute atomic E-state index is 11.6. The van der Waals surface area contributed by atoms with Crippen molar-refractivity contribution in [1.29, 1.82) is 0 Å². The number of ether oxygens (including phenoxy) is 1. The number of aromatic nitrogens is 2. The van der Waals surface area contributed by atoms with Gasteiger partial charge in [0.15, 0.2) is 0 Å². The van der Waals surface area contributed by atoms with Crippen molar-refractivity contribution in [3.63, 3.8) is 0 Å². The average molecular weight is 193 g/mol. The molecular formula is C9H11N3O2. The largest absolute Gasteiger partial charge is 0.379 e. The molecule has 0 saturated carbocycles. The third-order valence-corrected chi connectivity index (χ3v) is 2.18. The zero-order chi connectivity index (χ0) is 10.0. The second-order valence-corrected chi connectivity index (χ2v) is 3.58. The zero-order valence-corrected chi connectivity index (χ0v) is 7.86. The van der Waals surface area contributed by atoms with E-state index in [1.54, 1.807) is 18.5 Å². The molecule has 1 amide bonds. The van der Waals surface area contributed by atoms with Gasteiger partial charge in [-0.1, -0.05) is 0 Å². The first kappa shape index (κ1) is 9.08. The standard InChI is InChI=1S/C9H11N3O2/c1-9(5-14-6-9)7(13)12-8-10-3-2-4-11-8/h2-4H,5-6H2,1H3,(H,10,11,12,13). The van der Waals surface area contributed by atoms with Crippen LogP contribution >= 0.6 is 0 Å². The fraction of sp³-hybridized carbons (Fsp3) is 0.444. The van der Waals surface area contributed by atoms with Gasteiger partial charge in [0.1, 0.15) is 0 Å². The molecule has 1 fully saturated rings. The second-order valence-electron chi connectivity index (χ2n) is 3.58. The summed E-state index contributed by atoms with van der Waals surface area (Å²) in [6, 6.07) is 1.70. The van der Waals surface area contributed by atoms with Crippen LogP contribution in [0.15, 0.2) is 18.5 Å². The van der Waals surface area contributed by atoms with E-state index in [1.807, 2.05) is 6.92 Å². The Bertz CT molecular complexity index is 335. The Hall–Kier alpha value is -1.49. The molecule has 0 radical (unpaired) electrons. The molecule has 2 rings (SSSR count). The number of nitrogens with zero attached hydrogens (tertiary/aromatic N) is 2. The van der Waals surface area contributed by atoms with Crippen LogP contribution in [0.2, 0.25) is 0 Å². The van der Waals surface area contributed by atoms with Gasteiger partial charge in [-0.15, -0.1) is 0 Å². The van der Waals surface area contributed by atoms with Crippen molar-refractivity contribution in [3.8, 4) is 0 Å². The van der Waals surface area contributed by atoms with Gasteiger partial charge in [0.25, 0.3) is 0 Å². The Morgan fingerprint density at radius 3 is 2.64 bits per heavy atom. The minimum absolute atomic E-state index is 0.0880. The average Bonchev–Trinajstić information content (AvgIpc) is 2.15. The first-order valence-corrected chi connectivity index (χ1v) is 4.37. The van der Waals surface area contributed by atoms with Gasteiger partial charge in [0.05, 0.1) is 18.6 Å². The van der Waals surface area contributed by atoms with E-state index in [-0.39, 0.29) is 5.91 Å². The van der Waals surface area contributed by atoms with Crippen molar-refractivity contribution in [2.45, 2.75) is 6.92 Å². The van der Waals surface area contributed by atoms with Gasteiger partial charge in [0, 0.05) is 12.4 Å². The number of anilines is 1.